The SMILES string of the molecule is O=C1CCC(N2C(=O)c3cccc(NCCOC(=O)COCCOc4ccc(CCc5c(-c6ccc(C(F)(F)F)cc6)[nH]n(-c6nc7ccc(Cl)cc7[nH]6)c5=O)cc4)c3C2=O)C(=O)N1. The number of H-pyrrole nitrogens is 2. The number of imide groups is 2. The van der Waals surface area contributed by atoms with Crippen molar-refractivity contribution < 1.29 is 51.4 Å². The van der Waals surface area contributed by atoms with Crippen molar-refractivity contribution in [3.63, 3.8) is 0 Å². The maximum absolute atomic E-state index is 13.8. The van der Waals surface area contributed by atoms with E-state index in [1.54, 1.807) is 42.5 Å². The number of esters is 1. The van der Waals surface area contributed by atoms with E-state index in [4.69, 9.17) is 25.8 Å². The van der Waals surface area contributed by atoms with Gasteiger partial charge in [-0.2, -0.15) is 17.9 Å². The average Bonchev–Trinajstić information content (AvgIpc) is 3.92. The van der Waals surface area contributed by atoms with Crippen LogP contribution < -0.4 is 20.9 Å². The van der Waals surface area contributed by atoms with Gasteiger partial charge in [0.15, 0.2) is 0 Å². The van der Waals surface area contributed by atoms with E-state index in [1.165, 1.54) is 22.9 Å². The number of carbonyl (C=O) groups is 5. The number of nitrogens with zero attached hydrogens (tertiary/aromatic N) is 3. The number of ether oxygens (including phenoxy) is 3. The molecule has 0 aliphatic carbocycles. The van der Waals surface area contributed by atoms with Gasteiger partial charge in [0.2, 0.25) is 17.8 Å². The third kappa shape index (κ3) is 9.25. The monoisotopic (exact) mass is 899 g/mol. The number of aromatic amines is 2. The maximum atomic E-state index is 13.8. The van der Waals surface area contributed by atoms with Gasteiger partial charge >= 0.3 is 12.1 Å². The van der Waals surface area contributed by atoms with Crippen LogP contribution in [-0.2, 0) is 42.9 Å². The summed E-state index contributed by atoms with van der Waals surface area (Å²) >= 11 is 6.13. The number of fused-ring (bicyclic) bond motifs is 2. The summed E-state index contributed by atoms with van der Waals surface area (Å²) in [5.74, 6) is -2.40. The fourth-order valence-electron chi connectivity index (χ4n) is 7.44. The number of aromatic nitrogens is 4. The molecule has 0 bridgehead atoms. The van der Waals surface area contributed by atoms with Gasteiger partial charge in [0.1, 0.15) is 31.6 Å². The minimum absolute atomic E-state index is 0.00399. The van der Waals surface area contributed by atoms with E-state index < -0.39 is 52.9 Å². The van der Waals surface area contributed by atoms with E-state index in [2.05, 4.69) is 25.7 Å². The van der Waals surface area contributed by atoms with Crippen LogP contribution in [-0.4, -0.2) is 93.3 Å². The zero-order valence-corrected chi connectivity index (χ0v) is 34.3. The predicted octanol–water partition coefficient (Wildman–Crippen LogP) is 5.62. The molecule has 1 fully saturated rings. The van der Waals surface area contributed by atoms with E-state index in [-0.39, 0.29) is 69.3 Å². The van der Waals surface area contributed by atoms with Gasteiger partial charge in [-0.05, 0) is 85.0 Å². The fraction of sp³-hybridized carbons (Fsp3) is 0.250. The normalized spacial score (nSPS) is 15.1. The number of aryl methyl sites for hydroxylation is 1. The summed E-state index contributed by atoms with van der Waals surface area (Å²) < 4.78 is 57.6. The Morgan fingerprint density at radius 3 is 2.44 bits per heavy atom. The number of hydrogen-bond acceptors (Lipinski definition) is 11. The van der Waals surface area contributed by atoms with Crippen molar-refractivity contribution in [2.24, 2.45) is 0 Å². The molecule has 16 nitrogen and oxygen atoms in total. The van der Waals surface area contributed by atoms with E-state index in [0.29, 0.717) is 50.7 Å². The number of nitrogens with one attached hydrogen (secondary N) is 4. The quantitative estimate of drug-likeness (QED) is 0.0533. The van der Waals surface area contributed by atoms with Crippen LogP contribution in [0, 0.1) is 0 Å². The van der Waals surface area contributed by atoms with Gasteiger partial charge in [-0.25, -0.2) is 9.78 Å². The second kappa shape index (κ2) is 18.2. The molecule has 4 amide bonds. The molecule has 64 heavy (non-hydrogen) atoms. The molecule has 2 aliphatic heterocycles. The molecular weight excluding hydrogens is 863 g/mol. The molecule has 0 radical (unpaired) electrons. The maximum Gasteiger partial charge on any atom is 0.416 e. The molecule has 0 spiro atoms. The van der Waals surface area contributed by atoms with Gasteiger partial charge in [-0.1, -0.05) is 41.9 Å². The summed E-state index contributed by atoms with van der Waals surface area (Å²) in [4.78, 5) is 84.8. The molecule has 4 heterocycles. The third-order valence-electron chi connectivity index (χ3n) is 10.6. The number of hydrogen-bond donors (Lipinski definition) is 4. The molecule has 8 rings (SSSR count). The van der Waals surface area contributed by atoms with Crippen molar-refractivity contribution in [2.75, 3.05) is 38.3 Å². The van der Waals surface area contributed by atoms with Crippen LogP contribution in [0.4, 0.5) is 18.9 Å². The number of alkyl halides is 3. The average molecular weight is 900 g/mol. The van der Waals surface area contributed by atoms with Crippen molar-refractivity contribution in [1.29, 1.82) is 0 Å². The summed E-state index contributed by atoms with van der Waals surface area (Å²) in [6.45, 7) is -0.152. The standard InChI is InChI=1S/C44H37ClF3N7O9/c45-27-11-15-31-33(22-27)51-43(50-31)55-41(60)30(38(53-55)25-7-9-26(10-8-25)44(46,47)48)14-6-24-4-12-28(13-5-24)63-21-20-62-23-36(57)64-19-18-49-32-3-1-2-29-37(32)42(61)54(40(29)59)34-16-17-35(56)52-39(34)58/h1-5,7-13,15,22,34,49,53H,6,14,16-21,23H2,(H,50,51)(H,52,56,58). The molecule has 2 aromatic heterocycles. The number of anilines is 1. The predicted molar refractivity (Wildman–Crippen MR) is 224 cm³/mol. The number of imidazole rings is 1. The first kappa shape index (κ1) is 43.4. The van der Waals surface area contributed by atoms with Crippen molar-refractivity contribution in [2.45, 2.75) is 37.9 Å². The van der Waals surface area contributed by atoms with Crippen LogP contribution in [0.3, 0.4) is 0 Å². The lowest BCUT2D eigenvalue weighted by Crippen LogP contribution is -2.54. The smallest absolute Gasteiger partial charge is 0.416 e. The first-order chi connectivity index (χ1) is 30.7. The van der Waals surface area contributed by atoms with E-state index in [1.807, 2.05) is 12.1 Å². The Labute approximate surface area is 365 Å². The number of amides is 4. The topological polar surface area (TPSA) is 207 Å². The van der Waals surface area contributed by atoms with Gasteiger partial charge in [0.25, 0.3) is 17.4 Å². The lowest BCUT2D eigenvalue weighted by Gasteiger charge is -2.27. The van der Waals surface area contributed by atoms with E-state index >= 15 is 0 Å². The second-order valence-electron chi connectivity index (χ2n) is 14.8. The third-order valence-corrected chi connectivity index (χ3v) is 10.8. The number of halogens is 4. The zero-order chi connectivity index (χ0) is 45.1. The molecule has 330 valence electrons. The first-order valence-electron chi connectivity index (χ1n) is 20.0. The van der Waals surface area contributed by atoms with Gasteiger partial charge in [-0.3, -0.25) is 39.3 Å². The highest BCUT2D eigenvalue weighted by Crippen LogP contribution is 2.33. The van der Waals surface area contributed by atoms with Gasteiger partial charge < -0.3 is 24.5 Å². The summed E-state index contributed by atoms with van der Waals surface area (Å²) in [6.07, 6.45) is -3.84. The van der Waals surface area contributed by atoms with Gasteiger partial charge in [0.05, 0.1) is 40.0 Å². The highest BCUT2D eigenvalue weighted by molar-refractivity contribution is 6.31. The minimum atomic E-state index is -4.52. The van der Waals surface area contributed by atoms with Crippen molar-refractivity contribution in [3.05, 3.63) is 128 Å². The van der Waals surface area contributed by atoms with Gasteiger partial charge in [-0.15, -0.1) is 0 Å². The molecule has 6 aromatic rings. The molecule has 2 aliphatic rings. The van der Waals surface area contributed by atoms with Crippen LogP contribution >= 0.6 is 11.6 Å². The minimum Gasteiger partial charge on any atom is -0.491 e. The van der Waals surface area contributed by atoms with Crippen LogP contribution in [0.25, 0.3) is 28.2 Å². The zero-order valence-electron chi connectivity index (χ0n) is 33.6. The Morgan fingerprint density at radius 1 is 0.906 bits per heavy atom. The Hall–Kier alpha value is -7.25. The molecule has 1 atom stereocenters. The Morgan fingerprint density at radius 2 is 1.69 bits per heavy atom. The molecule has 1 unspecified atom stereocenters. The lowest BCUT2D eigenvalue weighted by molar-refractivity contribution is -0.148. The van der Waals surface area contributed by atoms with Crippen LogP contribution in [0.1, 0.15) is 50.2 Å². The highest BCUT2D eigenvalue weighted by atomic mass is 35.5. The molecule has 4 N–H and O–H groups in total. The number of benzene rings is 4. The number of carbonyl (C=O) groups excluding carboxylic acids is 5. The lowest BCUT2D eigenvalue weighted by atomic mass is 10.0. The number of piperidine rings is 1. The van der Waals surface area contributed by atoms with Crippen LogP contribution in [0.5, 0.6) is 5.75 Å². The first-order valence-corrected chi connectivity index (χ1v) is 20.3. The van der Waals surface area contributed by atoms with Crippen LogP contribution in [0.15, 0.2) is 89.7 Å². The number of rotatable bonds is 16. The van der Waals surface area contributed by atoms with E-state index in [9.17, 15) is 41.9 Å². The Balaban J connectivity index is 0.796. The van der Waals surface area contributed by atoms with Gasteiger partial charge in [0, 0.05) is 29.2 Å². The molecule has 1 saturated heterocycles. The molecule has 20 heteroatoms. The van der Waals surface area contributed by atoms with Crippen LogP contribution in [0.2, 0.25) is 5.02 Å². The van der Waals surface area contributed by atoms with Crippen molar-refractivity contribution in [1.82, 2.24) is 30.0 Å². The largest absolute Gasteiger partial charge is 0.491 e. The fourth-order valence-corrected chi connectivity index (χ4v) is 7.61. The summed E-state index contributed by atoms with van der Waals surface area (Å²) in [6, 6.07) is 20.2. The molecule has 0 saturated carbocycles. The molecular formula is C44H37ClF3N7O9. The Kier molecular flexibility index (Phi) is 12.4. The van der Waals surface area contributed by atoms with E-state index in [0.717, 1.165) is 22.6 Å². The summed E-state index contributed by atoms with van der Waals surface area (Å²) in [5.41, 5.74) is 2.40. The second-order valence-corrected chi connectivity index (χ2v) is 15.2. The summed E-state index contributed by atoms with van der Waals surface area (Å²) in [5, 5.41) is 8.66. The summed E-state index contributed by atoms with van der Waals surface area (Å²) in [7, 11) is 0. The van der Waals surface area contributed by atoms with Crippen molar-refractivity contribution in [3.8, 4) is 23.0 Å². The van der Waals surface area contributed by atoms with Crippen molar-refractivity contribution >= 4 is 57.9 Å². The highest BCUT2D eigenvalue weighted by Gasteiger charge is 2.45. The Bertz CT molecular complexity index is 2840. The molecule has 4 aromatic carbocycles.